The van der Waals surface area contributed by atoms with E-state index in [2.05, 4.69) is 4.90 Å². The lowest BCUT2D eigenvalue weighted by Crippen LogP contribution is -2.42. The molecule has 2 aliphatic rings. The minimum Gasteiger partial charge on any atom is -0.507 e. The first-order valence-electron chi connectivity index (χ1n) is 12.1. The van der Waals surface area contributed by atoms with Crippen LogP contribution in [0.3, 0.4) is 0 Å². The summed E-state index contributed by atoms with van der Waals surface area (Å²) >= 11 is 6.01. The lowest BCUT2D eigenvalue weighted by Gasteiger charge is -2.31. The van der Waals surface area contributed by atoms with Gasteiger partial charge in [0, 0.05) is 36.8 Å². The van der Waals surface area contributed by atoms with E-state index in [0.29, 0.717) is 60.6 Å². The molecule has 0 radical (unpaired) electrons. The Morgan fingerprint density at radius 3 is 2.47 bits per heavy atom. The first-order valence-corrected chi connectivity index (χ1v) is 12.5. The number of carbonyl (C=O) groups excluding carboxylic acids is 2. The van der Waals surface area contributed by atoms with Crippen LogP contribution in [0.4, 0.5) is 0 Å². The molecule has 0 aliphatic carbocycles. The molecule has 0 spiro atoms. The van der Waals surface area contributed by atoms with Gasteiger partial charge in [-0.1, -0.05) is 24.6 Å². The molecule has 1 atom stereocenters. The van der Waals surface area contributed by atoms with Crippen molar-refractivity contribution in [3.8, 4) is 11.5 Å². The molecule has 0 aromatic heterocycles. The highest BCUT2D eigenvalue weighted by Crippen LogP contribution is 2.42. The Morgan fingerprint density at radius 1 is 1.08 bits per heavy atom. The average Bonchev–Trinajstić information content (AvgIpc) is 3.16. The summed E-state index contributed by atoms with van der Waals surface area (Å²) in [5, 5.41) is 11.7. The van der Waals surface area contributed by atoms with Crippen LogP contribution in [-0.2, 0) is 14.3 Å². The van der Waals surface area contributed by atoms with Crippen molar-refractivity contribution in [1.82, 2.24) is 9.80 Å². The second-order valence-electron chi connectivity index (χ2n) is 8.71. The maximum absolute atomic E-state index is 13.3. The van der Waals surface area contributed by atoms with Crippen molar-refractivity contribution in [1.29, 1.82) is 0 Å². The molecule has 2 fully saturated rings. The number of benzene rings is 2. The van der Waals surface area contributed by atoms with Gasteiger partial charge in [0.05, 0.1) is 38.5 Å². The molecule has 192 valence electrons. The highest BCUT2D eigenvalue weighted by Gasteiger charge is 2.46. The number of aliphatic hydroxyl groups excluding tert-OH is 1. The second-order valence-corrected chi connectivity index (χ2v) is 9.15. The summed E-state index contributed by atoms with van der Waals surface area (Å²) in [5.74, 6) is -0.541. The maximum atomic E-state index is 13.3. The Kier molecular flexibility index (Phi) is 8.51. The number of methoxy groups -OCH3 is 1. The third-order valence-corrected chi connectivity index (χ3v) is 6.64. The number of morpholine rings is 1. The first-order chi connectivity index (χ1) is 17.4. The molecule has 2 heterocycles. The van der Waals surface area contributed by atoms with Crippen molar-refractivity contribution in [2.24, 2.45) is 0 Å². The quantitative estimate of drug-likeness (QED) is 0.308. The lowest BCUT2D eigenvalue weighted by molar-refractivity contribution is -0.140. The largest absolute Gasteiger partial charge is 0.507 e. The molecule has 2 aromatic carbocycles. The number of hydrogen-bond donors (Lipinski definition) is 1. The summed E-state index contributed by atoms with van der Waals surface area (Å²) in [6, 6.07) is 11.1. The summed E-state index contributed by atoms with van der Waals surface area (Å²) in [5.41, 5.74) is 1.09. The monoisotopic (exact) mass is 514 g/mol. The Labute approximate surface area is 216 Å². The van der Waals surface area contributed by atoms with Gasteiger partial charge in [0.25, 0.3) is 11.7 Å². The van der Waals surface area contributed by atoms with Gasteiger partial charge >= 0.3 is 0 Å². The predicted molar refractivity (Wildman–Crippen MR) is 137 cm³/mol. The van der Waals surface area contributed by atoms with Crippen LogP contribution in [0, 0.1) is 0 Å². The van der Waals surface area contributed by atoms with E-state index in [1.807, 2.05) is 6.92 Å². The van der Waals surface area contributed by atoms with Gasteiger partial charge in [0.15, 0.2) is 11.5 Å². The van der Waals surface area contributed by atoms with Gasteiger partial charge in [-0.25, -0.2) is 0 Å². The molecule has 2 saturated heterocycles. The molecule has 1 amide bonds. The molecule has 8 nitrogen and oxygen atoms in total. The van der Waals surface area contributed by atoms with Gasteiger partial charge in [-0.2, -0.15) is 0 Å². The minimum absolute atomic E-state index is 0.0357. The number of nitrogens with zero attached hydrogens (tertiary/aromatic N) is 2. The van der Waals surface area contributed by atoms with Crippen molar-refractivity contribution in [3.05, 3.63) is 64.2 Å². The highest BCUT2D eigenvalue weighted by molar-refractivity contribution is 6.46. The third kappa shape index (κ3) is 5.51. The Bertz CT molecular complexity index is 1130. The van der Waals surface area contributed by atoms with Crippen molar-refractivity contribution >= 4 is 29.1 Å². The smallest absolute Gasteiger partial charge is 0.295 e. The zero-order valence-corrected chi connectivity index (χ0v) is 21.3. The number of likely N-dealkylation sites (tertiary alicyclic amines) is 1. The molecule has 0 bridgehead atoms. The van der Waals surface area contributed by atoms with Crippen LogP contribution < -0.4 is 9.47 Å². The number of aliphatic hydroxyl groups is 1. The molecule has 36 heavy (non-hydrogen) atoms. The molecule has 4 rings (SSSR count). The Balaban J connectivity index is 1.75. The SMILES string of the molecule is CCCOc1ccc([C@H]2/C(=C(\O)c3ccc(Cl)cc3)C(=O)C(=O)N2CCN2CCOCC2)cc1OC. The van der Waals surface area contributed by atoms with Crippen molar-refractivity contribution in [2.45, 2.75) is 19.4 Å². The topological polar surface area (TPSA) is 88.5 Å². The van der Waals surface area contributed by atoms with Gasteiger partial charge in [-0.3, -0.25) is 14.5 Å². The molecule has 2 aromatic rings. The van der Waals surface area contributed by atoms with Gasteiger partial charge in [-0.05, 0) is 48.4 Å². The summed E-state index contributed by atoms with van der Waals surface area (Å²) in [6.07, 6.45) is 0.841. The zero-order valence-electron chi connectivity index (χ0n) is 20.5. The number of amides is 1. The number of carbonyl (C=O) groups is 2. The standard InChI is InChI=1S/C27H31ClN2O6/c1-3-14-36-21-9-6-19(17-22(21)34-2)24-23(25(31)18-4-7-20(28)8-5-18)26(32)27(33)30(24)11-10-29-12-15-35-16-13-29/h4-9,17,24,31H,3,10-16H2,1-2H3/b25-23+/t24-/m0/s1. The van der Waals surface area contributed by atoms with Crippen LogP contribution in [0.1, 0.15) is 30.5 Å². The van der Waals surface area contributed by atoms with Crippen LogP contribution >= 0.6 is 11.6 Å². The van der Waals surface area contributed by atoms with Gasteiger partial charge in [0.2, 0.25) is 0 Å². The number of Topliss-reactive ketones (excluding diaryl/α,β-unsaturated/α-hetero) is 1. The zero-order chi connectivity index (χ0) is 25.7. The van der Waals surface area contributed by atoms with Gasteiger partial charge < -0.3 is 24.2 Å². The van der Waals surface area contributed by atoms with E-state index in [1.165, 1.54) is 4.90 Å². The van der Waals surface area contributed by atoms with Crippen LogP contribution in [0.5, 0.6) is 11.5 Å². The summed E-state index contributed by atoms with van der Waals surface area (Å²) in [7, 11) is 1.54. The van der Waals surface area contributed by atoms with Crippen molar-refractivity contribution < 1.29 is 28.9 Å². The summed E-state index contributed by atoms with van der Waals surface area (Å²) < 4.78 is 16.8. The molecular formula is C27H31ClN2O6. The van der Waals surface area contributed by atoms with Crippen LogP contribution in [0.25, 0.3) is 5.76 Å². The van der Waals surface area contributed by atoms with E-state index >= 15 is 0 Å². The van der Waals surface area contributed by atoms with Crippen LogP contribution in [-0.4, -0.2) is 79.7 Å². The summed E-state index contributed by atoms with van der Waals surface area (Å²) in [4.78, 5) is 30.2. The molecule has 0 saturated carbocycles. The van der Waals surface area contributed by atoms with Crippen LogP contribution in [0.2, 0.25) is 5.02 Å². The van der Waals surface area contributed by atoms with E-state index in [9.17, 15) is 14.7 Å². The fourth-order valence-corrected chi connectivity index (χ4v) is 4.61. The number of rotatable bonds is 9. The van der Waals surface area contributed by atoms with Crippen molar-refractivity contribution in [2.75, 3.05) is 53.1 Å². The fraction of sp³-hybridized carbons (Fsp3) is 0.407. The fourth-order valence-electron chi connectivity index (χ4n) is 4.48. The minimum atomic E-state index is -0.782. The number of halogens is 1. The molecule has 9 heteroatoms. The molecule has 2 aliphatic heterocycles. The van der Waals surface area contributed by atoms with E-state index < -0.39 is 17.7 Å². The van der Waals surface area contributed by atoms with E-state index in [1.54, 1.807) is 49.6 Å². The maximum Gasteiger partial charge on any atom is 0.295 e. The molecule has 0 unspecified atom stereocenters. The van der Waals surface area contributed by atoms with E-state index in [-0.39, 0.29) is 11.3 Å². The van der Waals surface area contributed by atoms with E-state index in [4.69, 9.17) is 25.8 Å². The first kappa shape index (κ1) is 26.0. The normalized spacial score (nSPS) is 20.1. The predicted octanol–water partition coefficient (Wildman–Crippen LogP) is 3.89. The average molecular weight is 515 g/mol. The van der Waals surface area contributed by atoms with E-state index in [0.717, 1.165) is 19.5 Å². The number of hydrogen-bond acceptors (Lipinski definition) is 7. The highest BCUT2D eigenvalue weighted by atomic mass is 35.5. The van der Waals surface area contributed by atoms with Gasteiger partial charge in [0.1, 0.15) is 5.76 Å². The number of ketones is 1. The van der Waals surface area contributed by atoms with Crippen LogP contribution in [0.15, 0.2) is 48.0 Å². The summed E-state index contributed by atoms with van der Waals surface area (Å²) in [6.45, 7) is 6.24. The van der Waals surface area contributed by atoms with Gasteiger partial charge in [-0.15, -0.1) is 0 Å². The Morgan fingerprint density at radius 2 is 1.81 bits per heavy atom. The van der Waals surface area contributed by atoms with Crippen molar-refractivity contribution in [3.63, 3.8) is 0 Å². The molecule has 1 N–H and O–H groups in total. The number of ether oxygens (including phenoxy) is 3. The molecular weight excluding hydrogens is 484 g/mol. The Hall–Kier alpha value is -3.07. The second kappa shape index (κ2) is 11.8. The third-order valence-electron chi connectivity index (χ3n) is 6.38. The lowest BCUT2D eigenvalue weighted by atomic mass is 9.95.